The molecule has 0 spiro atoms. The summed E-state index contributed by atoms with van der Waals surface area (Å²) in [4.78, 5) is 29.0. The van der Waals surface area contributed by atoms with E-state index in [4.69, 9.17) is 14.2 Å². The number of fused-ring (bicyclic) bond motifs is 5. The molecule has 1 saturated heterocycles. The van der Waals surface area contributed by atoms with Crippen LogP contribution in [0.5, 0.6) is 0 Å². The topological polar surface area (TPSA) is 86.8 Å². The maximum absolute atomic E-state index is 12.4. The van der Waals surface area contributed by atoms with Gasteiger partial charge in [-0.2, -0.15) is 0 Å². The van der Waals surface area contributed by atoms with Gasteiger partial charge in [0.25, 0.3) is 0 Å². The highest BCUT2D eigenvalue weighted by molar-refractivity contribution is 5.73. The number of carbonyl (C=O) groups is 2. The first-order valence-electron chi connectivity index (χ1n) is 15.4. The van der Waals surface area contributed by atoms with Crippen LogP contribution in [-0.2, 0) is 19.0 Å². The molecule has 1 aromatic heterocycles. The third kappa shape index (κ3) is 5.10. The number of hydrogen-bond donors (Lipinski definition) is 1. The number of pyridine rings is 1. The molecule has 4 aliphatic carbocycles. The van der Waals surface area contributed by atoms with Crippen LogP contribution in [0.3, 0.4) is 0 Å². The number of nitrogens with one attached hydrogen (secondary N) is 1. The van der Waals surface area contributed by atoms with E-state index < -0.39 is 6.16 Å². The van der Waals surface area contributed by atoms with Crippen molar-refractivity contribution in [1.29, 1.82) is 0 Å². The zero-order valence-electron chi connectivity index (χ0n) is 24.0. The average molecular weight is 549 g/mol. The average Bonchev–Trinajstić information content (AvgIpc) is 3.33. The minimum Gasteiger partial charge on any atom is -0.462 e. The molecule has 0 bridgehead atoms. The van der Waals surface area contributed by atoms with Crippen LogP contribution in [0.2, 0.25) is 0 Å². The van der Waals surface area contributed by atoms with Gasteiger partial charge in [-0.15, -0.1) is 0 Å². The lowest BCUT2D eigenvalue weighted by molar-refractivity contribution is -0.150. The van der Waals surface area contributed by atoms with Crippen LogP contribution in [0.25, 0.3) is 5.57 Å². The van der Waals surface area contributed by atoms with Gasteiger partial charge in [0.05, 0.1) is 5.92 Å². The zero-order chi connectivity index (χ0) is 27.7. The van der Waals surface area contributed by atoms with Crippen LogP contribution in [0.4, 0.5) is 4.79 Å². The van der Waals surface area contributed by atoms with Gasteiger partial charge in [-0.3, -0.25) is 9.78 Å². The minimum atomic E-state index is -0.658. The fraction of sp³-hybridized carbons (Fsp3) is 0.667. The third-order valence-electron chi connectivity index (χ3n) is 11.1. The molecule has 1 N–H and O–H groups in total. The van der Waals surface area contributed by atoms with E-state index in [1.807, 2.05) is 12.4 Å². The van der Waals surface area contributed by atoms with Gasteiger partial charge in [-0.1, -0.05) is 37.6 Å². The SMILES string of the molecule is C[C@]12CC[C@H](OC(=O)OCCOC(=O)C3CCNCC3)CC1=CC[C@@H]1[C@@H]2CC[C@]2(C)C(c3cccnc3)=CC[C@@H]12. The molecule has 5 aliphatic rings. The van der Waals surface area contributed by atoms with Crippen LogP contribution in [0.1, 0.15) is 77.2 Å². The molecule has 7 heteroatoms. The van der Waals surface area contributed by atoms with E-state index in [1.54, 1.807) is 0 Å². The van der Waals surface area contributed by atoms with Crippen molar-refractivity contribution in [3.05, 3.63) is 47.8 Å². The predicted molar refractivity (Wildman–Crippen MR) is 152 cm³/mol. The first-order valence-corrected chi connectivity index (χ1v) is 15.4. The van der Waals surface area contributed by atoms with Crippen LogP contribution in [-0.4, -0.2) is 49.5 Å². The molecule has 6 rings (SSSR count). The Hall–Kier alpha value is -2.67. The molecule has 216 valence electrons. The molecule has 40 heavy (non-hydrogen) atoms. The Bertz CT molecular complexity index is 1160. The molecule has 0 radical (unpaired) electrons. The van der Waals surface area contributed by atoms with E-state index in [2.05, 4.69) is 48.4 Å². The number of esters is 1. The van der Waals surface area contributed by atoms with Crippen molar-refractivity contribution in [1.82, 2.24) is 10.3 Å². The standard InChI is InChI=1S/C33H44N2O5/c1-32-13-9-25(40-31(37)39-19-18-38-30(36)22-11-16-34-17-12-22)20-24(32)5-6-26-28-8-7-27(23-4-3-15-35-21-23)33(28,2)14-10-29(26)32/h3-5,7,15,21-22,25-26,28-29,34H,6,8-14,16-20H2,1-2H3/t25-,26-,28-,29-,32-,33+/m0/s1. The predicted octanol–water partition coefficient (Wildman–Crippen LogP) is 6.10. The first-order chi connectivity index (χ1) is 19.4. The summed E-state index contributed by atoms with van der Waals surface area (Å²) in [6, 6.07) is 4.27. The van der Waals surface area contributed by atoms with Crippen molar-refractivity contribution >= 4 is 17.7 Å². The molecule has 0 unspecified atom stereocenters. The molecule has 2 heterocycles. The van der Waals surface area contributed by atoms with E-state index in [9.17, 15) is 9.59 Å². The quantitative estimate of drug-likeness (QED) is 0.261. The smallest absolute Gasteiger partial charge is 0.462 e. The Labute approximate surface area is 238 Å². The number of piperidine rings is 1. The minimum absolute atomic E-state index is 0.0294. The van der Waals surface area contributed by atoms with Crippen LogP contribution in [0.15, 0.2) is 42.3 Å². The zero-order valence-corrected chi connectivity index (χ0v) is 24.0. The molecule has 0 aromatic carbocycles. The third-order valence-corrected chi connectivity index (χ3v) is 11.1. The van der Waals surface area contributed by atoms with Crippen LogP contribution < -0.4 is 5.32 Å². The van der Waals surface area contributed by atoms with E-state index in [0.717, 1.165) is 58.0 Å². The summed E-state index contributed by atoms with van der Waals surface area (Å²) >= 11 is 0. The number of hydrogen-bond acceptors (Lipinski definition) is 7. The lowest BCUT2D eigenvalue weighted by Gasteiger charge is -2.57. The summed E-state index contributed by atoms with van der Waals surface area (Å²) in [5, 5.41) is 3.24. The maximum atomic E-state index is 12.4. The summed E-state index contributed by atoms with van der Waals surface area (Å²) in [6.45, 7) is 6.74. The maximum Gasteiger partial charge on any atom is 0.508 e. The van der Waals surface area contributed by atoms with Gasteiger partial charge in [0.1, 0.15) is 19.3 Å². The van der Waals surface area contributed by atoms with Gasteiger partial charge in [-0.05, 0) is 110 Å². The Balaban J connectivity index is 1.01. The largest absolute Gasteiger partial charge is 0.508 e. The number of allylic oxidation sites excluding steroid dienone is 3. The fourth-order valence-corrected chi connectivity index (χ4v) is 8.88. The Morgan fingerprint density at radius 2 is 1.77 bits per heavy atom. The monoisotopic (exact) mass is 548 g/mol. The normalized spacial score (nSPS) is 35.4. The summed E-state index contributed by atoms with van der Waals surface area (Å²) in [7, 11) is 0. The summed E-state index contributed by atoms with van der Waals surface area (Å²) < 4.78 is 16.3. The summed E-state index contributed by atoms with van der Waals surface area (Å²) in [6.07, 6.45) is 17.1. The molecule has 2 saturated carbocycles. The molecular formula is C33H44N2O5. The van der Waals surface area contributed by atoms with Gasteiger partial charge in [0.15, 0.2) is 0 Å². The van der Waals surface area contributed by atoms with Crippen LogP contribution >= 0.6 is 0 Å². The van der Waals surface area contributed by atoms with Gasteiger partial charge in [-0.25, -0.2) is 4.79 Å². The van der Waals surface area contributed by atoms with Crippen molar-refractivity contribution < 1.29 is 23.8 Å². The molecule has 1 aromatic rings. The fourth-order valence-electron chi connectivity index (χ4n) is 8.88. The highest BCUT2D eigenvalue weighted by Gasteiger charge is 2.57. The lowest BCUT2D eigenvalue weighted by Crippen LogP contribution is -2.50. The lowest BCUT2D eigenvalue weighted by atomic mass is 9.47. The van der Waals surface area contributed by atoms with Crippen molar-refractivity contribution in [2.24, 2.45) is 34.5 Å². The van der Waals surface area contributed by atoms with Crippen LogP contribution in [0, 0.1) is 34.5 Å². The van der Waals surface area contributed by atoms with Crippen molar-refractivity contribution in [3.63, 3.8) is 0 Å². The molecule has 3 fully saturated rings. The van der Waals surface area contributed by atoms with Gasteiger partial charge in [0, 0.05) is 18.8 Å². The van der Waals surface area contributed by atoms with E-state index in [0.29, 0.717) is 17.8 Å². The Morgan fingerprint density at radius 1 is 0.975 bits per heavy atom. The van der Waals surface area contributed by atoms with Crippen molar-refractivity contribution in [2.75, 3.05) is 26.3 Å². The highest BCUT2D eigenvalue weighted by atomic mass is 16.7. The van der Waals surface area contributed by atoms with Crippen molar-refractivity contribution in [3.8, 4) is 0 Å². The first kappa shape index (κ1) is 27.5. The van der Waals surface area contributed by atoms with E-state index in [1.165, 1.54) is 29.6 Å². The Kier molecular flexibility index (Phi) is 7.77. The molecule has 1 aliphatic heterocycles. The molecule has 7 nitrogen and oxygen atoms in total. The highest BCUT2D eigenvalue weighted by Crippen LogP contribution is 2.66. The van der Waals surface area contributed by atoms with Crippen molar-refractivity contribution in [2.45, 2.75) is 77.7 Å². The number of aromatic nitrogens is 1. The second-order valence-corrected chi connectivity index (χ2v) is 13.1. The van der Waals surface area contributed by atoms with E-state index >= 15 is 0 Å². The second-order valence-electron chi connectivity index (χ2n) is 13.1. The second kappa shape index (κ2) is 11.3. The van der Waals surface area contributed by atoms with Gasteiger partial charge >= 0.3 is 12.1 Å². The Morgan fingerprint density at radius 3 is 2.58 bits per heavy atom. The number of ether oxygens (including phenoxy) is 3. The molecule has 6 atom stereocenters. The number of carbonyl (C=O) groups excluding carboxylic acids is 2. The number of nitrogens with zero attached hydrogens (tertiary/aromatic N) is 1. The van der Waals surface area contributed by atoms with Gasteiger partial charge < -0.3 is 19.5 Å². The molecule has 0 amide bonds. The van der Waals surface area contributed by atoms with E-state index in [-0.39, 0.29) is 42.0 Å². The summed E-state index contributed by atoms with van der Waals surface area (Å²) in [5.74, 6) is 1.78. The summed E-state index contributed by atoms with van der Waals surface area (Å²) in [5.41, 5.74) is 4.65. The number of rotatable bonds is 6. The molecular weight excluding hydrogens is 504 g/mol. The van der Waals surface area contributed by atoms with Gasteiger partial charge in [0.2, 0.25) is 0 Å².